The van der Waals surface area contributed by atoms with Gasteiger partial charge in [0, 0.05) is 22.3 Å². The molecule has 0 aromatic carbocycles. The monoisotopic (exact) mass is 393 g/mol. The molecule has 2 aliphatic rings. The molecule has 2 saturated carbocycles. The summed E-state index contributed by atoms with van der Waals surface area (Å²) in [4.78, 5) is 29.2. The smallest absolute Gasteiger partial charge is 0.228 e. The van der Waals surface area contributed by atoms with Gasteiger partial charge in [-0.25, -0.2) is 4.98 Å². The van der Waals surface area contributed by atoms with E-state index in [0.29, 0.717) is 22.1 Å². The predicted octanol–water partition coefficient (Wildman–Crippen LogP) is 3.94. The van der Waals surface area contributed by atoms with E-state index >= 15 is 0 Å². The maximum Gasteiger partial charge on any atom is 0.228 e. The number of hydrogen-bond donors (Lipinski definition) is 4. The van der Waals surface area contributed by atoms with E-state index in [4.69, 9.17) is 0 Å². The number of rotatable bonds is 4. The number of thiol groups is 2. The fourth-order valence-corrected chi connectivity index (χ4v) is 4.30. The Hall–Kier alpha value is -1.21. The van der Waals surface area contributed by atoms with Crippen molar-refractivity contribution in [3.8, 4) is 0 Å². The molecule has 7 heteroatoms. The van der Waals surface area contributed by atoms with Crippen LogP contribution in [0.15, 0.2) is 18.2 Å². The average Bonchev–Trinajstić information content (AvgIpc) is 2.63. The van der Waals surface area contributed by atoms with Crippen molar-refractivity contribution in [1.29, 1.82) is 0 Å². The summed E-state index contributed by atoms with van der Waals surface area (Å²) in [5.41, 5.74) is 0. The molecule has 0 saturated heterocycles. The van der Waals surface area contributed by atoms with Crippen molar-refractivity contribution < 1.29 is 9.59 Å². The fraction of sp³-hybridized carbons (Fsp3) is 0.632. The Morgan fingerprint density at radius 3 is 1.54 bits per heavy atom. The summed E-state index contributed by atoms with van der Waals surface area (Å²) < 4.78 is 0. The summed E-state index contributed by atoms with van der Waals surface area (Å²) in [6, 6.07) is 5.31. The lowest BCUT2D eigenvalue weighted by molar-refractivity contribution is -0.121. The fourth-order valence-electron chi connectivity index (χ4n) is 3.71. The van der Waals surface area contributed by atoms with E-state index in [1.807, 2.05) is 0 Å². The summed E-state index contributed by atoms with van der Waals surface area (Å²) in [5.74, 6) is 1.03. The molecule has 5 nitrogen and oxygen atoms in total. The number of anilines is 2. The second kappa shape index (κ2) is 9.13. The summed E-state index contributed by atoms with van der Waals surface area (Å²) in [6.45, 7) is 0. The van der Waals surface area contributed by atoms with Crippen LogP contribution >= 0.6 is 25.3 Å². The highest BCUT2D eigenvalue weighted by molar-refractivity contribution is 7.81. The summed E-state index contributed by atoms with van der Waals surface area (Å²) in [7, 11) is 0. The first kappa shape index (κ1) is 19.5. The van der Waals surface area contributed by atoms with Crippen LogP contribution in [0.25, 0.3) is 0 Å². The second-order valence-corrected chi connectivity index (χ2v) is 8.86. The Balaban J connectivity index is 1.54. The highest BCUT2D eigenvalue weighted by Crippen LogP contribution is 2.29. The zero-order valence-electron chi connectivity index (χ0n) is 14.9. The van der Waals surface area contributed by atoms with Crippen molar-refractivity contribution in [2.24, 2.45) is 11.8 Å². The number of carbonyl (C=O) groups is 2. The standard InChI is InChI=1S/C19H27N3O2S2/c23-18(12-4-8-14(25)9-5-12)21-16-2-1-3-17(20-16)22-19(24)13-6-10-15(26)11-7-13/h1-3,12-15,25-26H,4-11H2,(H2,20,21,22,23,24). The predicted molar refractivity (Wildman–Crippen MR) is 111 cm³/mol. The molecule has 2 amide bonds. The van der Waals surface area contributed by atoms with Crippen LogP contribution in [0.1, 0.15) is 51.4 Å². The van der Waals surface area contributed by atoms with Gasteiger partial charge < -0.3 is 10.6 Å². The van der Waals surface area contributed by atoms with Gasteiger partial charge in [0.2, 0.25) is 11.8 Å². The molecule has 2 N–H and O–H groups in total. The first-order chi connectivity index (χ1) is 12.5. The Bertz CT molecular complexity index is 588. The molecule has 0 aliphatic heterocycles. The molecule has 26 heavy (non-hydrogen) atoms. The van der Waals surface area contributed by atoms with Crippen molar-refractivity contribution in [3.05, 3.63) is 18.2 Å². The van der Waals surface area contributed by atoms with E-state index in [9.17, 15) is 9.59 Å². The lowest BCUT2D eigenvalue weighted by Crippen LogP contribution is -2.29. The van der Waals surface area contributed by atoms with Gasteiger partial charge in [0.15, 0.2) is 0 Å². The summed E-state index contributed by atoms with van der Waals surface area (Å²) in [5, 5.41) is 6.60. The minimum atomic E-state index is 0.00770. The van der Waals surface area contributed by atoms with Crippen LogP contribution in [0.3, 0.4) is 0 Å². The number of hydrogen-bond acceptors (Lipinski definition) is 5. The van der Waals surface area contributed by atoms with Crippen molar-refractivity contribution >= 4 is 48.7 Å². The first-order valence-electron chi connectivity index (χ1n) is 9.46. The highest BCUT2D eigenvalue weighted by Gasteiger charge is 2.26. The maximum atomic E-state index is 12.4. The maximum absolute atomic E-state index is 12.4. The molecular weight excluding hydrogens is 366 g/mol. The highest BCUT2D eigenvalue weighted by atomic mass is 32.1. The number of aromatic nitrogens is 1. The second-order valence-electron chi connectivity index (χ2n) is 7.40. The third-order valence-electron chi connectivity index (χ3n) is 5.39. The van der Waals surface area contributed by atoms with Gasteiger partial charge in [-0.15, -0.1) is 0 Å². The van der Waals surface area contributed by atoms with E-state index in [1.54, 1.807) is 18.2 Å². The molecule has 0 unspecified atom stereocenters. The number of amides is 2. The van der Waals surface area contributed by atoms with E-state index in [2.05, 4.69) is 40.9 Å². The zero-order valence-corrected chi connectivity index (χ0v) is 16.6. The molecule has 142 valence electrons. The number of nitrogens with one attached hydrogen (secondary N) is 2. The number of pyridine rings is 1. The third-order valence-corrected chi connectivity index (χ3v) is 6.42. The number of carbonyl (C=O) groups excluding carboxylic acids is 2. The Morgan fingerprint density at radius 1 is 0.769 bits per heavy atom. The van der Waals surface area contributed by atoms with Crippen molar-refractivity contribution in [3.63, 3.8) is 0 Å². The Morgan fingerprint density at radius 2 is 1.15 bits per heavy atom. The topological polar surface area (TPSA) is 71.1 Å². The van der Waals surface area contributed by atoms with Crippen molar-refractivity contribution in [2.75, 3.05) is 10.6 Å². The summed E-state index contributed by atoms with van der Waals surface area (Å²) >= 11 is 8.95. The minimum Gasteiger partial charge on any atom is -0.310 e. The van der Waals surface area contributed by atoms with Gasteiger partial charge in [-0.1, -0.05) is 6.07 Å². The van der Waals surface area contributed by atoms with Crippen LogP contribution in [0.5, 0.6) is 0 Å². The lowest BCUT2D eigenvalue weighted by atomic mass is 9.88. The van der Waals surface area contributed by atoms with Crippen LogP contribution in [0, 0.1) is 11.8 Å². The van der Waals surface area contributed by atoms with E-state index in [-0.39, 0.29) is 23.7 Å². The Kier molecular flexibility index (Phi) is 6.86. The van der Waals surface area contributed by atoms with E-state index < -0.39 is 0 Å². The number of nitrogens with zero attached hydrogens (tertiary/aromatic N) is 1. The molecule has 1 aromatic heterocycles. The molecule has 0 atom stereocenters. The molecule has 1 heterocycles. The largest absolute Gasteiger partial charge is 0.310 e. The van der Waals surface area contributed by atoms with Crippen LogP contribution < -0.4 is 10.6 Å². The molecule has 0 bridgehead atoms. The molecule has 0 radical (unpaired) electrons. The zero-order chi connectivity index (χ0) is 18.5. The van der Waals surface area contributed by atoms with E-state index in [0.717, 1.165) is 51.4 Å². The average molecular weight is 394 g/mol. The molecule has 2 fully saturated rings. The van der Waals surface area contributed by atoms with Gasteiger partial charge in [-0.3, -0.25) is 9.59 Å². The van der Waals surface area contributed by atoms with Gasteiger partial charge >= 0.3 is 0 Å². The minimum absolute atomic E-state index is 0.00770. The van der Waals surface area contributed by atoms with Gasteiger partial charge in [0.25, 0.3) is 0 Å². The van der Waals surface area contributed by atoms with Gasteiger partial charge in [-0.05, 0) is 63.5 Å². The summed E-state index contributed by atoms with van der Waals surface area (Å²) in [6.07, 6.45) is 7.35. The molecule has 2 aliphatic carbocycles. The molecule has 3 rings (SSSR count). The molecular formula is C19H27N3O2S2. The van der Waals surface area contributed by atoms with Crippen molar-refractivity contribution in [2.45, 2.75) is 61.9 Å². The Labute approximate surface area is 165 Å². The molecule has 0 spiro atoms. The molecule has 1 aromatic rings. The normalized spacial score (nSPS) is 29.0. The van der Waals surface area contributed by atoms with Gasteiger partial charge in [0.1, 0.15) is 11.6 Å². The van der Waals surface area contributed by atoms with Crippen LogP contribution in [-0.4, -0.2) is 27.3 Å². The van der Waals surface area contributed by atoms with Gasteiger partial charge in [0.05, 0.1) is 0 Å². The van der Waals surface area contributed by atoms with Gasteiger partial charge in [-0.2, -0.15) is 25.3 Å². The first-order valence-corrected chi connectivity index (χ1v) is 10.5. The van der Waals surface area contributed by atoms with E-state index in [1.165, 1.54) is 0 Å². The van der Waals surface area contributed by atoms with Crippen LogP contribution in [-0.2, 0) is 9.59 Å². The third kappa shape index (κ3) is 5.39. The van der Waals surface area contributed by atoms with Crippen molar-refractivity contribution in [1.82, 2.24) is 4.98 Å². The lowest BCUT2D eigenvalue weighted by Gasteiger charge is -2.25. The van der Waals surface area contributed by atoms with Crippen LogP contribution in [0.2, 0.25) is 0 Å². The van der Waals surface area contributed by atoms with Crippen LogP contribution in [0.4, 0.5) is 11.6 Å². The SMILES string of the molecule is O=C(Nc1cccc(NC(=O)C2CCC(S)CC2)n1)C1CCC(S)CC1. The quantitative estimate of drug-likeness (QED) is 0.586.